The van der Waals surface area contributed by atoms with Crippen molar-refractivity contribution in [2.75, 3.05) is 6.61 Å². The lowest BCUT2D eigenvalue weighted by Crippen LogP contribution is -2.73. The summed E-state index contributed by atoms with van der Waals surface area (Å²) in [6.07, 6.45) is 5.47. The average Bonchev–Trinajstić information content (AvgIpc) is 2.90. The van der Waals surface area contributed by atoms with Gasteiger partial charge in [-0.3, -0.25) is 9.59 Å². The summed E-state index contributed by atoms with van der Waals surface area (Å²) in [7, 11) is 0. The van der Waals surface area contributed by atoms with Gasteiger partial charge in [-0.15, -0.1) is 23.2 Å². The minimum Gasteiger partial charge on any atom is -0.391 e. The number of ketones is 2. The Labute approximate surface area is 180 Å². The molecule has 0 unspecified atom stereocenters. The molecule has 0 aliphatic heterocycles. The molecule has 160 valence electrons. The number of rotatable bonds is 2. The Bertz CT molecular complexity index is 839. The Hall–Kier alpha value is -0.720. The van der Waals surface area contributed by atoms with E-state index in [9.17, 15) is 24.9 Å². The first kappa shape index (κ1) is 21.5. The van der Waals surface area contributed by atoms with Gasteiger partial charge in [-0.05, 0) is 49.2 Å². The summed E-state index contributed by atoms with van der Waals surface area (Å²) < 4.78 is 0. The van der Waals surface area contributed by atoms with Crippen LogP contribution in [0.5, 0.6) is 0 Å². The summed E-state index contributed by atoms with van der Waals surface area (Å²) in [6, 6.07) is 0. The van der Waals surface area contributed by atoms with E-state index in [1.165, 1.54) is 6.08 Å². The molecule has 7 heteroatoms. The predicted molar refractivity (Wildman–Crippen MR) is 110 cm³/mol. The van der Waals surface area contributed by atoms with Gasteiger partial charge in [0.05, 0.1) is 16.4 Å². The van der Waals surface area contributed by atoms with Gasteiger partial charge < -0.3 is 15.3 Å². The van der Waals surface area contributed by atoms with Crippen LogP contribution in [0.1, 0.15) is 40.0 Å². The summed E-state index contributed by atoms with van der Waals surface area (Å²) >= 11 is 14.3. The minimum atomic E-state index is -1.88. The number of Topliss-reactive ketones (excluding diaryl/α,β-unsaturated/α-hetero) is 1. The van der Waals surface area contributed by atoms with Gasteiger partial charge in [0.25, 0.3) is 0 Å². The fourth-order valence-corrected chi connectivity index (χ4v) is 8.40. The van der Waals surface area contributed by atoms with Crippen LogP contribution in [0.25, 0.3) is 0 Å². The van der Waals surface area contributed by atoms with Gasteiger partial charge in [0.2, 0.25) is 0 Å². The fraction of sp³-hybridized carbons (Fsp3) is 0.727. The first-order valence-corrected chi connectivity index (χ1v) is 11.0. The molecule has 0 spiro atoms. The summed E-state index contributed by atoms with van der Waals surface area (Å²) in [5, 5.41) is 31.6. The van der Waals surface area contributed by atoms with Crippen LogP contribution < -0.4 is 0 Å². The molecule has 9 atom stereocenters. The van der Waals surface area contributed by atoms with Gasteiger partial charge in [-0.25, -0.2) is 0 Å². The molecule has 3 N–H and O–H groups in total. The van der Waals surface area contributed by atoms with Gasteiger partial charge in [-0.1, -0.05) is 32.4 Å². The molecule has 3 fully saturated rings. The molecular formula is C22H28Cl2O5. The normalized spacial score (nSPS) is 53.7. The maximum Gasteiger partial charge on any atom is 0.190 e. The van der Waals surface area contributed by atoms with E-state index in [1.807, 2.05) is 6.92 Å². The van der Waals surface area contributed by atoms with E-state index in [4.69, 9.17) is 23.2 Å². The number of carbonyl (C=O) groups excluding carboxylic acids is 2. The van der Waals surface area contributed by atoms with Crippen molar-refractivity contribution in [3.63, 3.8) is 0 Å². The van der Waals surface area contributed by atoms with Crippen molar-refractivity contribution in [3.8, 4) is 0 Å². The Balaban J connectivity index is 1.89. The number of fused-ring (bicyclic) bond motifs is 5. The maximum atomic E-state index is 12.7. The van der Waals surface area contributed by atoms with E-state index in [0.29, 0.717) is 19.3 Å². The highest BCUT2D eigenvalue weighted by molar-refractivity contribution is 6.34. The number of carbonyl (C=O) groups is 2. The molecular weight excluding hydrogens is 415 g/mol. The Morgan fingerprint density at radius 2 is 1.97 bits per heavy atom. The highest BCUT2D eigenvalue weighted by atomic mass is 35.5. The molecule has 0 aromatic rings. The lowest BCUT2D eigenvalue weighted by molar-refractivity contribution is -0.193. The van der Waals surface area contributed by atoms with Crippen LogP contribution in [0.3, 0.4) is 0 Å². The highest BCUT2D eigenvalue weighted by Crippen LogP contribution is 2.72. The van der Waals surface area contributed by atoms with E-state index in [-0.39, 0.29) is 17.6 Å². The topological polar surface area (TPSA) is 94.8 Å². The molecule has 3 saturated carbocycles. The van der Waals surface area contributed by atoms with Crippen LogP contribution in [0.2, 0.25) is 0 Å². The standard InChI is InChI=1S/C22H28Cl2O5/c1-11-8-15-14-5-4-12-9-13(26)6-7-19(12,2)21(14,24)17(23)18(28)20(15,3)22(11,29)16(27)10-25/h6-7,9,11,14-15,17-18,25,28-29H,4-5,8,10H2,1-3H3/t11-,14-,15-,17-,18-,19-,20+,21-,22-/m0/s1. The maximum absolute atomic E-state index is 12.7. The van der Waals surface area contributed by atoms with Crippen molar-refractivity contribution in [1.82, 2.24) is 0 Å². The summed E-state index contributed by atoms with van der Waals surface area (Å²) in [6.45, 7) is 4.64. The second kappa shape index (κ2) is 6.39. The SMILES string of the molecule is C[C@H]1C[C@H]2[C@@H]3CCC4=CC(=O)C=C[C@]4(C)[C@@]3(Cl)[C@@H](Cl)[C@H](O)[C@]2(C)[C@@]1(O)C(=O)CO. The van der Waals surface area contributed by atoms with E-state index in [2.05, 4.69) is 0 Å². The third-order valence-corrected chi connectivity index (χ3v) is 10.5. The minimum absolute atomic E-state index is 0.0825. The molecule has 0 aromatic heterocycles. The zero-order valence-corrected chi connectivity index (χ0v) is 18.4. The van der Waals surface area contributed by atoms with Crippen molar-refractivity contribution < 1.29 is 24.9 Å². The van der Waals surface area contributed by atoms with E-state index in [0.717, 1.165) is 5.57 Å². The zero-order chi connectivity index (χ0) is 21.6. The molecule has 0 aromatic carbocycles. The third kappa shape index (κ3) is 2.24. The van der Waals surface area contributed by atoms with Gasteiger partial charge in [0, 0.05) is 10.8 Å². The van der Waals surface area contributed by atoms with E-state index in [1.54, 1.807) is 26.0 Å². The van der Waals surface area contributed by atoms with Crippen molar-refractivity contribution in [2.45, 2.75) is 62.0 Å². The van der Waals surface area contributed by atoms with Crippen molar-refractivity contribution >= 4 is 34.8 Å². The zero-order valence-electron chi connectivity index (χ0n) is 16.9. The molecule has 0 radical (unpaired) electrons. The lowest BCUT2D eigenvalue weighted by Gasteiger charge is -2.65. The summed E-state index contributed by atoms with van der Waals surface area (Å²) in [4.78, 5) is 23.6. The Morgan fingerprint density at radius 3 is 2.59 bits per heavy atom. The molecule has 0 saturated heterocycles. The van der Waals surface area contributed by atoms with Gasteiger partial charge >= 0.3 is 0 Å². The molecule has 4 aliphatic carbocycles. The van der Waals surface area contributed by atoms with Crippen LogP contribution in [0.4, 0.5) is 0 Å². The smallest absolute Gasteiger partial charge is 0.190 e. The van der Waals surface area contributed by atoms with E-state index < -0.39 is 51.1 Å². The van der Waals surface area contributed by atoms with Gasteiger partial charge in [0.15, 0.2) is 11.6 Å². The predicted octanol–water partition coefficient (Wildman–Crippen LogP) is 2.38. The number of allylic oxidation sites excluding steroid dienone is 4. The molecule has 5 nitrogen and oxygen atoms in total. The second-order valence-electron chi connectivity index (χ2n) is 9.74. The van der Waals surface area contributed by atoms with Crippen molar-refractivity contribution in [2.24, 2.45) is 28.6 Å². The monoisotopic (exact) mass is 442 g/mol. The largest absolute Gasteiger partial charge is 0.391 e. The number of alkyl halides is 2. The first-order valence-electron chi connectivity index (χ1n) is 10.2. The van der Waals surface area contributed by atoms with Crippen molar-refractivity contribution in [1.29, 1.82) is 0 Å². The third-order valence-electron chi connectivity index (χ3n) is 8.88. The van der Waals surface area contributed by atoms with Crippen LogP contribution >= 0.6 is 23.2 Å². The number of aliphatic hydroxyl groups is 3. The first-order chi connectivity index (χ1) is 13.4. The van der Waals surface area contributed by atoms with Crippen LogP contribution in [-0.2, 0) is 9.59 Å². The molecule has 0 heterocycles. The Morgan fingerprint density at radius 1 is 1.31 bits per heavy atom. The van der Waals surface area contributed by atoms with Crippen LogP contribution in [0.15, 0.2) is 23.8 Å². The Kier molecular flexibility index (Phi) is 4.74. The van der Waals surface area contributed by atoms with Crippen molar-refractivity contribution in [3.05, 3.63) is 23.8 Å². The summed E-state index contributed by atoms with van der Waals surface area (Å²) in [5.41, 5.74) is -2.92. The van der Waals surface area contributed by atoms with Crippen LogP contribution in [0, 0.1) is 28.6 Å². The van der Waals surface area contributed by atoms with Gasteiger partial charge in [0.1, 0.15) is 12.2 Å². The molecule has 4 rings (SSSR count). The molecule has 29 heavy (non-hydrogen) atoms. The number of aliphatic hydroxyl groups excluding tert-OH is 2. The number of hydrogen-bond donors (Lipinski definition) is 3. The molecule has 0 amide bonds. The number of hydrogen-bond acceptors (Lipinski definition) is 5. The molecule has 4 aliphatic rings. The quantitative estimate of drug-likeness (QED) is 0.570. The lowest BCUT2D eigenvalue weighted by atomic mass is 9.45. The fourth-order valence-electron chi connectivity index (χ4n) is 7.19. The molecule has 0 bridgehead atoms. The second-order valence-corrected chi connectivity index (χ2v) is 10.8. The van der Waals surface area contributed by atoms with E-state index >= 15 is 0 Å². The number of halogens is 2. The van der Waals surface area contributed by atoms with Crippen LogP contribution in [-0.4, -0.2) is 55.4 Å². The highest BCUT2D eigenvalue weighted by Gasteiger charge is 2.77. The average molecular weight is 443 g/mol. The van der Waals surface area contributed by atoms with Gasteiger partial charge in [-0.2, -0.15) is 0 Å². The summed E-state index contributed by atoms with van der Waals surface area (Å²) in [5.74, 6) is -1.66.